The summed E-state index contributed by atoms with van der Waals surface area (Å²) in [5, 5.41) is 6.83. The molecule has 0 amide bonds. The van der Waals surface area contributed by atoms with Gasteiger partial charge in [0.05, 0.1) is 12.1 Å². The molecule has 4 rings (SSSR count). The van der Waals surface area contributed by atoms with Gasteiger partial charge in [0, 0.05) is 17.7 Å². The van der Waals surface area contributed by atoms with Gasteiger partial charge in [-0.2, -0.15) is 5.10 Å². The maximum atomic E-state index is 13.0. The predicted molar refractivity (Wildman–Crippen MR) is 109 cm³/mol. The van der Waals surface area contributed by atoms with Crippen LogP contribution in [0.3, 0.4) is 0 Å². The van der Waals surface area contributed by atoms with E-state index in [9.17, 15) is 4.79 Å². The molecular weight excluding hydrogens is 332 g/mol. The third-order valence-electron chi connectivity index (χ3n) is 5.12. The quantitative estimate of drug-likeness (QED) is 0.509. The van der Waals surface area contributed by atoms with E-state index in [0.717, 1.165) is 39.7 Å². The standard InChI is InChI=1S/C24H22N2O/c1-17-23(15-19-9-4-3-5-10-19)18(2)26(25-17)24(27)16-21-13-8-12-20-11-6-7-14-22(20)21/h3-14H,15-16H2,1-2H3. The number of hydrogen-bond donors (Lipinski definition) is 0. The highest BCUT2D eigenvalue weighted by atomic mass is 16.2. The van der Waals surface area contributed by atoms with Crippen LogP contribution in [-0.2, 0) is 12.8 Å². The van der Waals surface area contributed by atoms with Crippen LogP contribution >= 0.6 is 0 Å². The van der Waals surface area contributed by atoms with E-state index in [1.165, 1.54) is 5.56 Å². The Morgan fingerprint density at radius 1 is 0.889 bits per heavy atom. The third-order valence-corrected chi connectivity index (χ3v) is 5.12. The first-order valence-corrected chi connectivity index (χ1v) is 9.22. The molecule has 3 nitrogen and oxygen atoms in total. The molecule has 27 heavy (non-hydrogen) atoms. The zero-order valence-electron chi connectivity index (χ0n) is 15.6. The molecule has 1 heterocycles. The zero-order valence-corrected chi connectivity index (χ0v) is 15.6. The summed E-state index contributed by atoms with van der Waals surface area (Å²) in [4.78, 5) is 13.0. The molecule has 0 aliphatic heterocycles. The van der Waals surface area contributed by atoms with Crippen molar-refractivity contribution in [1.29, 1.82) is 0 Å². The topological polar surface area (TPSA) is 34.9 Å². The van der Waals surface area contributed by atoms with Crippen LogP contribution in [0, 0.1) is 13.8 Å². The van der Waals surface area contributed by atoms with Gasteiger partial charge in [0.2, 0.25) is 0 Å². The van der Waals surface area contributed by atoms with Crippen LogP contribution in [0.4, 0.5) is 0 Å². The van der Waals surface area contributed by atoms with Crippen LogP contribution in [-0.4, -0.2) is 15.7 Å². The fourth-order valence-corrected chi connectivity index (χ4v) is 3.66. The minimum absolute atomic E-state index is 0.00580. The second kappa shape index (κ2) is 7.20. The summed E-state index contributed by atoms with van der Waals surface area (Å²) < 4.78 is 1.58. The Balaban J connectivity index is 1.63. The predicted octanol–water partition coefficient (Wildman–Crippen LogP) is 5.13. The Labute approximate surface area is 159 Å². The average Bonchev–Trinajstić information content (AvgIpc) is 2.97. The van der Waals surface area contributed by atoms with Crippen molar-refractivity contribution in [1.82, 2.24) is 9.78 Å². The molecular formula is C24H22N2O. The maximum Gasteiger partial charge on any atom is 0.251 e. The van der Waals surface area contributed by atoms with E-state index >= 15 is 0 Å². The Morgan fingerprint density at radius 3 is 2.41 bits per heavy atom. The first kappa shape index (κ1) is 17.2. The van der Waals surface area contributed by atoms with Crippen molar-refractivity contribution in [2.75, 3.05) is 0 Å². The van der Waals surface area contributed by atoms with Gasteiger partial charge in [-0.3, -0.25) is 4.79 Å². The largest absolute Gasteiger partial charge is 0.272 e. The number of rotatable bonds is 4. The number of fused-ring (bicyclic) bond motifs is 1. The first-order valence-electron chi connectivity index (χ1n) is 9.22. The number of aromatic nitrogens is 2. The van der Waals surface area contributed by atoms with Gasteiger partial charge in [-0.1, -0.05) is 72.8 Å². The van der Waals surface area contributed by atoms with E-state index in [-0.39, 0.29) is 5.91 Å². The Morgan fingerprint density at radius 2 is 1.59 bits per heavy atom. The lowest BCUT2D eigenvalue weighted by Crippen LogP contribution is -2.17. The van der Waals surface area contributed by atoms with E-state index in [2.05, 4.69) is 35.4 Å². The van der Waals surface area contributed by atoms with E-state index in [1.807, 2.05) is 56.3 Å². The van der Waals surface area contributed by atoms with E-state index in [0.29, 0.717) is 6.42 Å². The molecule has 1 aromatic heterocycles. The van der Waals surface area contributed by atoms with Crippen LogP contribution in [0.25, 0.3) is 10.8 Å². The molecule has 0 spiro atoms. The lowest BCUT2D eigenvalue weighted by Gasteiger charge is -2.08. The molecule has 0 aliphatic carbocycles. The molecule has 0 atom stereocenters. The molecule has 0 N–H and O–H groups in total. The van der Waals surface area contributed by atoms with Crippen LogP contribution in [0.15, 0.2) is 72.8 Å². The van der Waals surface area contributed by atoms with Crippen molar-refractivity contribution < 1.29 is 4.79 Å². The molecule has 0 fully saturated rings. The van der Waals surface area contributed by atoms with Crippen LogP contribution in [0.1, 0.15) is 32.9 Å². The van der Waals surface area contributed by atoms with Gasteiger partial charge in [-0.25, -0.2) is 4.68 Å². The Kier molecular flexibility index (Phi) is 4.59. The van der Waals surface area contributed by atoms with Gasteiger partial charge in [0.1, 0.15) is 0 Å². The summed E-state index contributed by atoms with van der Waals surface area (Å²) in [6, 6.07) is 24.6. The van der Waals surface area contributed by atoms with Gasteiger partial charge in [-0.15, -0.1) is 0 Å². The van der Waals surface area contributed by atoms with Gasteiger partial charge in [0.25, 0.3) is 5.91 Å². The van der Waals surface area contributed by atoms with Crippen molar-refractivity contribution in [3.05, 3.63) is 101 Å². The number of aryl methyl sites for hydroxylation is 1. The van der Waals surface area contributed by atoms with Crippen LogP contribution in [0.5, 0.6) is 0 Å². The van der Waals surface area contributed by atoms with Gasteiger partial charge >= 0.3 is 0 Å². The normalized spacial score (nSPS) is 11.0. The Hall–Kier alpha value is -3.20. The Bertz CT molecular complexity index is 1100. The smallest absolute Gasteiger partial charge is 0.251 e. The average molecular weight is 354 g/mol. The monoisotopic (exact) mass is 354 g/mol. The van der Waals surface area contributed by atoms with Crippen LogP contribution in [0.2, 0.25) is 0 Å². The van der Waals surface area contributed by atoms with Gasteiger partial charge in [-0.05, 0) is 35.7 Å². The molecule has 3 heteroatoms. The van der Waals surface area contributed by atoms with Crippen molar-refractivity contribution in [3.8, 4) is 0 Å². The lowest BCUT2D eigenvalue weighted by atomic mass is 10.0. The van der Waals surface area contributed by atoms with Gasteiger partial charge < -0.3 is 0 Å². The summed E-state index contributed by atoms with van der Waals surface area (Å²) in [6.45, 7) is 3.96. The number of benzene rings is 3. The summed E-state index contributed by atoms with van der Waals surface area (Å²) in [5.41, 5.74) is 5.25. The zero-order chi connectivity index (χ0) is 18.8. The van der Waals surface area contributed by atoms with E-state index < -0.39 is 0 Å². The highest BCUT2D eigenvalue weighted by molar-refractivity contribution is 5.91. The summed E-state index contributed by atoms with van der Waals surface area (Å²) >= 11 is 0. The number of hydrogen-bond acceptors (Lipinski definition) is 2. The first-order chi connectivity index (χ1) is 13.1. The number of nitrogens with zero attached hydrogens (tertiary/aromatic N) is 2. The minimum atomic E-state index is 0.00580. The molecule has 0 radical (unpaired) electrons. The molecule has 0 unspecified atom stereocenters. The van der Waals surface area contributed by atoms with E-state index in [4.69, 9.17) is 0 Å². The summed E-state index contributed by atoms with van der Waals surface area (Å²) in [5.74, 6) is 0.00580. The highest BCUT2D eigenvalue weighted by Gasteiger charge is 2.17. The fraction of sp³-hybridized carbons (Fsp3) is 0.167. The van der Waals surface area contributed by atoms with Crippen molar-refractivity contribution >= 4 is 16.7 Å². The van der Waals surface area contributed by atoms with Crippen molar-refractivity contribution in [2.24, 2.45) is 0 Å². The summed E-state index contributed by atoms with van der Waals surface area (Å²) in [7, 11) is 0. The van der Waals surface area contributed by atoms with Crippen molar-refractivity contribution in [2.45, 2.75) is 26.7 Å². The molecule has 134 valence electrons. The number of carbonyl (C=O) groups excluding carboxylic acids is 1. The van der Waals surface area contributed by atoms with E-state index in [1.54, 1.807) is 4.68 Å². The highest BCUT2D eigenvalue weighted by Crippen LogP contribution is 2.21. The molecule has 0 saturated carbocycles. The number of carbonyl (C=O) groups is 1. The molecule has 0 bridgehead atoms. The third kappa shape index (κ3) is 3.41. The molecule has 0 aliphatic rings. The fourth-order valence-electron chi connectivity index (χ4n) is 3.66. The minimum Gasteiger partial charge on any atom is -0.272 e. The van der Waals surface area contributed by atoms with Crippen molar-refractivity contribution in [3.63, 3.8) is 0 Å². The second-order valence-corrected chi connectivity index (χ2v) is 6.93. The van der Waals surface area contributed by atoms with Gasteiger partial charge in [0.15, 0.2) is 0 Å². The molecule has 4 aromatic rings. The molecule has 3 aromatic carbocycles. The van der Waals surface area contributed by atoms with Crippen LogP contribution < -0.4 is 0 Å². The SMILES string of the molecule is Cc1nn(C(=O)Cc2cccc3ccccc23)c(C)c1Cc1ccccc1. The second-order valence-electron chi connectivity index (χ2n) is 6.93. The lowest BCUT2D eigenvalue weighted by molar-refractivity contribution is 0.0896. The molecule has 0 saturated heterocycles. The maximum absolute atomic E-state index is 13.0. The summed E-state index contributed by atoms with van der Waals surface area (Å²) in [6.07, 6.45) is 1.13.